The fraction of sp³-hybridized carbons (Fsp3) is 0.0455. The van der Waals surface area contributed by atoms with Gasteiger partial charge >= 0.3 is 0 Å². The first-order chi connectivity index (χ1) is 16.7. The smallest absolute Gasteiger partial charge is 0.276 e. The van der Waals surface area contributed by atoms with Crippen LogP contribution in [-0.2, 0) is 0 Å². The van der Waals surface area contributed by atoms with Gasteiger partial charge in [-0.1, -0.05) is 29.3 Å². The highest BCUT2D eigenvalue weighted by Gasteiger charge is 2.24. The molecular formula is C22H14Cl2N6O5. The molecule has 2 aromatic heterocycles. The Morgan fingerprint density at radius 2 is 1.86 bits per heavy atom. The number of amides is 1. The number of non-ortho nitro benzene ring substituents is 1. The van der Waals surface area contributed by atoms with E-state index in [1.165, 1.54) is 54.9 Å². The number of nitrogens with one attached hydrogen (secondary N) is 2. The van der Waals surface area contributed by atoms with Crippen LogP contribution in [-0.4, -0.2) is 36.6 Å². The second-order valence-electron chi connectivity index (χ2n) is 7.12. The van der Waals surface area contributed by atoms with Gasteiger partial charge in [0.25, 0.3) is 17.2 Å². The molecule has 0 bridgehead atoms. The first kappa shape index (κ1) is 24.0. The number of hydrogen-bond acceptors (Lipinski definition) is 8. The molecule has 1 atom stereocenters. The third kappa shape index (κ3) is 5.17. The van der Waals surface area contributed by atoms with Crippen molar-refractivity contribution < 1.29 is 14.8 Å². The van der Waals surface area contributed by atoms with E-state index in [1.54, 1.807) is 0 Å². The summed E-state index contributed by atoms with van der Waals surface area (Å²) in [7, 11) is 0. The lowest BCUT2D eigenvalue weighted by molar-refractivity contribution is -0.384. The van der Waals surface area contributed by atoms with E-state index in [4.69, 9.17) is 23.2 Å². The predicted molar refractivity (Wildman–Crippen MR) is 129 cm³/mol. The summed E-state index contributed by atoms with van der Waals surface area (Å²) in [6.45, 7) is 0. The van der Waals surface area contributed by atoms with E-state index in [1.807, 2.05) is 0 Å². The summed E-state index contributed by atoms with van der Waals surface area (Å²) in [6, 6.07) is 10.9. The van der Waals surface area contributed by atoms with E-state index in [2.05, 4.69) is 25.5 Å². The van der Waals surface area contributed by atoms with Crippen LogP contribution >= 0.6 is 23.2 Å². The Balaban J connectivity index is 1.82. The molecule has 4 rings (SSSR count). The van der Waals surface area contributed by atoms with Gasteiger partial charge in [-0.05, 0) is 35.9 Å². The van der Waals surface area contributed by atoms with Crippen molar-refractivity contribution in [2.24, 2.45) is 5.10 Å². The Hall–Kier alpha value is -4.19. The minimum Gasteiger partial charge on any atom is -0.382 e. The van der Waals surface area contributed by atoms with Crippen molar-refractivity contribution in [1.29, 1.82) is 0 Å². The molecule has 0 fully saturated rings. The Morgan fingerprint density at radius 1 is 1.11 bits per heavy atom. The number of fused-ring (bicyclic) bond motifs is 1. The molecule has 176 valence electrons. The maximum Gasteiger partial charge on any atom is 0.276 e. The van der Waals surface area contributed by atoms with Gasteiger partial charge in [-0.25, -0.2) is 10.4 Å². The molecular weight excluding hydrogens is 499 g/mol. The predicted octanol–water partition coefficient (Wildman–Crippen LogP) is 3.40. The van der Waals surface area contributed by atoms with Crippen LogP contribution in [0.15, 0.2) is 70.8 Å². The monoisotopic (exact) mass is 512 g/mol. The third-order valence-electron chi connectivity index (χ3n) is 4.87. The van der Waals surface area contributed by atoms with Crippen LogP contribution in [0.5, 0.6) is 0 Å². The van der Waals surface area contributed by atoms with Crippen molar-refractivity contribution in [3.63, 3.8) is 0 Å². The molecule has 35 heavy (non-hydrogen) atoms. The van der Waals surface area contributed by atoms with Gasteiger partial charge in [0.2, 0.25) is 0 Å². The molecule has 1 amide bonds. The van der Waals surface area contributed by atoms with Gasteiger partial charge < -0.3 is 10.1 Å². The lowest BCUT2D eigenvalue weighted by atomic mass is 10.0. The van der Waals surface area contributed by atoms with E-state index in [0.29, 0.717) is 0 Å². The van der Waals surface area contributed by atoms with Crippen molar-refractivity contribution in [2.75, 3.05) is 0 Å². The number of carbonyl (C=O) groups is 1. The molecule has 11 nitrogen and oxygen atoms in total. The molecule has 0 aliphatic rings. The third-order valence-corrected chi connectivity index (χ3v) is 5.61. The van der Waals surface area contributed by atoms with Gasteiger partial charge in [-0.15, -0.1) is 0 Å². The maximum atomic E-state index is 12.9. The number of nitrogens with zero attached hydrogens (tertiary/aromatic N) is 4. The zero-order valence-electron chi connectivity index (χ0n) is 17.5. The van der Waals surface area contributed by atoms with Crippen LogP contribution in [0.2, 0.25) is 10.0 Å². The van der Waals surface area contributed by atoms with Crippen molar-refractivity contribution in [2.45, 2.75) is 6.10 Å². The topological polar surface area (TPSA) is 163 Å². The quantitative estimate of drug-likeness (QED) is 0.202. The molecule has 0 aliphatic heterocycles. The number of aromatic nitrogens is 3. The highest BCUT2D eigenvalue weighted by Crippen LogP contribution is 2.27. The number of aromatic amines is 1. The Kier molecular flexibility index (Phi) is 6.82. The number of nitro benzene ring substituents is 1. The van der Waals surface area contributed by atoms with Crippen molar-refractivity contribution in [1.82, 2.24) is 20.4 Å². The molecule has 3 N–H and O–H groups in total. The standard InChI is InChI=1S/C22H14Cl2N6O5/c23-14-3-1-12(9-15(14)24)20(31)18(28-29-21(32)11-5-7-25-8-6-11)19-22(33)27-17-10-13(30(34)35)2-4-16(17)26-19/h1-10,20,31H,(H,27,33)(H,29,32). The summed E-state index contributed by atoms with van der Waals surface area (Å²) in [5.74, 6) is -0.626. The van der Waals surface area contributed by atoms with Crippen molar-refractivity contribution in [3.05, 3.63) is 108 Å². The van der Waals surface area contributed by atoms with Gasteiger partial charge in [0.1, 0.15) is 11.8 Å². The van der Waals surface area contributed by atoms with E-state index in [9.17, 15) is 24.8 Å². The van der Waals surface area contributed by atoms with Crippen LogP contribution in [0.25, 0.3) is 11.0 Å². The molecule has 0 saturated heterocycles. The van der Waals surface area contributed by atoms with Crippen LogP contribution in [0.1, 0.15) is 27.7 Å². The van der Waals surface area contributed by atoms with Crippen LogP contribution < -0.4 is 11.0 Å². The number of aliphatic hydroxyl groups is 1. The second-order valence-corrected chi connectivity index (χ2v) is 7.94. The number of carbonyl (C=O) groups excluding carboxylic acids is 1. The van der Waals surface area contributed by atoms with Gasteiger partial charge in [0.15, 0.2) is 5.69 Å². The largest absolute Gasteiger partial charge is 0.382 e. The lowest BCUT2D eigenvalue weighted by Crippen LogP contribution is -2.29. The lowest BCUT2D eigenvalue weighted by Gasteiger charge is -2.15. The number of pyridine rings is 1. The van der Waals surface area contributed by atoms with Crippen LogP contribution in [0, 0.1) is 10.1 Å². The molecule has 0 saturated carbocycles. The number of rotatable bonds is 6. The maximum absolute atomic E-state index is 12.9. The molecule has 2 heterocycles. The average Bonchev–Trinajstić information content (AvgIpc) is 2.85. The van der Waals surface area contributed by atoms with Gasteiger partial charge in [0, 0.05) is 30.1 Å². The van der Waals surface area contributed by atoms with E-state index < -0.39 is 22.5 Å². The first-order valence-corrected chi connectivity index (χ1v) is 10.6. The average molecular weight is 513 g/mol. The molecule has 2 aromatic carbocycles. The number of aliphatic hydroxyl groups excluding tert-OH is 1. The van der Waals surface area contributed by atoms with Gasteiger partial charge in [-0.3, -0.25) is 24.7 Å². The zero-order chi connectivity index (χ0) is 25.1. The van der Waals surface area contributed by atoms with Gasteiger partial charge in [0.05, 0.1) is 26.0 Å². The number of H-pyrrole nitrogens is 1. The molecule has 1 unspecified atom stereocenters. The fourth-order valence-electron chi connectivity index (χ4n) is 3.12. The van der Waals surface area contributed by atoms with Crippen molar-refractivity contribution >= 4 is 51.5 Å². The zero-order valence-corrected chi connectivity index (χ0v) is 19.0. The number of hydrogen-bond donors (Lipinski definition) is 3. The molecule has 0 spiro atoms. The Morgan fingerprint density at radius 3 is 2.54 bits per heavy atom. The second kappa shape index (κ2) is 9.97. The Labute approximate surface area is 206 Å². The summed E-state index contributed by atoms with van der Waals surface area (Å²) in [5, 5.41) is 26.5. The number of benzene rings is 2. The molecule has 4 aromatic rings. The SMILES string of the molecule is O=C(NN=C(c1nc2ccc([N+](=O)[O-])cc2[nH]c1=O)C(O)c1ccc(Cl)c(Cl)c1)c1ccncc1. The summed E-state index contributed by atoms with van der Waals surface area (Å²) < 4.78 is 0. The number of halogens is 2. The van der Waals surface area contributed by atoms with E-state index in [-0.39, 0.29) is 49.3 Å². The van der Waals surface area contributed by atoms with E-state index in [0.717, 1.165) is 6.07 Å². The molecule has 13 heteroatoms. The summed E-state index contributed by atoms with van der Waals surface area (Å²) in [6.07, 6.45) is 1.28. The summed E-state index contributed by atoms with van der Waals surface area (Å²) >= 11 is 12.0. The van der Waals surface area contributed by atoms with Crippen molar-refractivity contribution in [3.8, 4) is 0 Å². The molecule has 0 aliphatic carbocycles. The minimum absolute atomic E-state index is 0.108. The Bertz CT molecular complexity index is 1540. The normalized spacial score (nSPS) is 12.4. The number of hydrazone groups is 1. The van der Waals surface area contributed by atoms with Gasteiger partial charge in [-0.2, -0.15) is 5.10 Å². The molecule has 0 radical (unpaired) electrons. The number of nitro groups is 1. The highest BCUT2D eigenvalue weighted by molar-refractivity contribution is 6.42. The summed E-state index contributed by atoms with van der Waals surface area (Å²) in [5.41, 5.74) is 1.40. The fourth-order valence-corrected chi connectivity index (χ4v) is 3.43. The highest BCUT2D eigenvalue weighted by atomic mass is 35.5. The minimum atomic E-state index is -1.55. The van der Waals surface area contributed by atoms with Crippen LogP contribution in [0.3, 0.4) is 0 Å². The summed E-state index contributed by atoms with van der Waals surface area (Å²) in [4.78, 5) is 46.4. The van der Waals surface area contributed by atoms with E-state index >= 15 is 0 Å². The first-order valence-electron chi connectivity index (χ1n) is 9.84. The van der Waals surface area contributed by atoms with Crippen LogP contribution in [0.4, 0.5) is 5.69 Å².